The minimum absolute atomic E-state index is 0.0162. The number of thiazole rings is 1. The van der Waals surface area contributed by atoms with Gasteiger partial charge >= 0.3 is 0 Å². The molecular weight excluding hydrogens is 757 g/mol. The molecule has 4 amide bonds. The number of nitrogens with one attached hydrogen (secondary N) is 2. The van der Waals surface area contributed by atoms with Crippen LogP contribution in [0.3, 0.4) is 0 Å². The summed E-state index contributed by atoms with van der Waals surface area (Å²) in [5, 5.41) is 7.11. The number of nitrogens with zero attached hydrogens (tertiary/aromatic N) is 4. The van der Waals surface area contributed by atoms with Crippen molar-refractivity contribution in [2.45, 2.75) is 130 Å². The van der Waals surface area contributed by atoms with Crippen molar-refractivity contribution in [3.05, 3.63) is 52.0 Å². The fourth-order valence-electron chi connectivity index (χ4n) is 8.46. The normalized spacial score (nSPS) is 18.7. The maximum Gasteiger partial charge on any atom is 0.245 e. The lowest BCUT2D eigenvalue weighted by atomic mass is 9.89. The number of likely N-dealkylation sites (N-methyl/N-ethyl adjacent to an activating group) is 2. The summed E-state index contributed by atoms with van der Waals surface area (Å²) in [6, 6.07) is 7.71. The minimum atomic E-state index is -0.758. The predicted molar refractivity (Wildman–Crippen MR) is 229 cm³/mol. The SMILES string of the molecule is CC[C@H](C)[C@@H]([C@@H](CC(=O)N1CCC[C@H]1[C@H](OC)[C@@H](C)C(=O)NC(Cc1ccccc1)c1ncc(COC)s1)OC)N(C)C(=O)[C@@H](NC(=O)[C@H](C(C)C)N(C)C)C(C)C. The second-order valence-electron chi connectivity index (χ2n) is 16.8. The highest BCUT2D eigenvalue weighted by Gasteiger charge is 2.43. The number of ether oxygens (including phenoxy) is 3. The van der Waals surface area contributed by atoms with Gasteiger partial charge in [-0.05, 0) is 56.7 Å². The zero-order valence-corrected chi connectivity index (χ0v) is 38.1. The van der Waals surface area contributed by atoms with E-state index < -0.39 is 36.3 Å². The molecule has 2 heterocycles. The summed E-state index contributed by atoms with van der Waals surface area (Å²) in [5.41, 5.74) is 1.07. The average Bonchev–Trinajstić information content (AvgIpc) is 3.87. The van der Waals surface area contributed by atoms with Gasteiger partial charge in [-0.3, -0.25) is 24.1 Å². The molecule has 14 heteroatoms. The monoisotopic (exact) mass is 829 g/mol. The molecule has 58 heavy (non-hydrogen) atoms. The van der Waals surface area contributed by atoms with Crippen LogP contribution in [0.1, 0.15) is 95.6 Å². The van der Waals surface area contributed by atoms with Gasteiger partial charge in [0.05, 0.1) is 60.2 Å². The summed E-state index contributed by atoms with van der Waals surface area (Å²) in [6.07, 6.45) is 3.42. The highest BCUT2D eigenvalue weighted by Crippen LogP contribution is 2.31. The van der Waals surface area contributed by atoms with Gasteiger partial charge in [0.1, 0.15) is 11.0 Å². The summed E-state index contributed by atoms with van der Waals surface area (Å²) in [5.74, 6) is -1.44. The number of carbonyl (C=O) groups is 4. The van der Waals surface area contributed by atoms with E-state index in [9.17, 15) is 19.2 Å². The van der Waals surface area contributed by atoms with E-state index in [2.05, 4.69) is 29.5 Å². The Morgan fingerprint density at radius 3 is 2.16 bits per heavy atom. The van der Waals surface area contributed by atoms with E-state index in [1.165, 1.54) is 11.3 Å². The lowest BCUT2D eigenvalue weighted by Gasteiger charge is -2.41. The molecule has 1 aromatic heterocycles. The Morgan fingerprint density at radius 1 is 0.931 bits per heavy atom. The minimum Gasteiger partial charge on any atom is -0.379 e. The van der Waals surface area contributed by atoms with Crippen molar-refractivity contribution in [1.82, 2.24) is 30.3 Å². The maximum atomic E-state index is 14.4. The van der Waals surface area contributed by atoms with E-state index in [1.807, 2.05) is 88.8 Å². The van der Waals surface area contributed by atoms with Gasteiger partial charge < -0.3 is 34.6 Å². The number of amides is 4. The second-order valence-corrected chi connectivity index (χ2v) is 18.0. The summed E-state index contributed by atoms with van der Waals surface area (Å²) in [4.78, 5) is 67.3. The Morgan fingerprint density at radius 2 is 1.60 bits per heavy atom. The largest absolute Gasteiger partial charge is 0.379 e. The molecule has 326 valence electrons. The summed E-state index contributed by atoms with van der Waals surface area (Å²) in [7, 11) is 10.3. The van der Waals surface area contributed by atoms with Gasteiger partial charge in [0.2, 0.25) is 23.6 Å². The van der Waals surface area contributed by atoms with Crippen LogP contribution in [0.25, 0.3) is 0 Å². The average molecular weight is 829 g/mol. The number of aromatic nitrogens is 1. The maximum absolute atomic E-state index is 14.4. The van der Waals surface area contributed by atoms with Crippen molar-refractivity contribution in [3.8, 4) is 0 Å². The van der Waals surface area contributed by atoms with E-state index in [4.69, 9.17) is 14.2 Å². The third-order valence-corrected chi connectivity index (χ3v) is 12.8. The highest BCUT2D eigenvalue weighted by atomic mass is 32.1. The molecular formula is C44H72N6O7S. The molecule has 0 spiro atoms. The fraction of sp³-hybridized carbons (Fsp3) is 0.705. The zero-order chi connectivity index (χ0) is 43.3. The Bertz CT molecular complexity index is 1580. The number of hydrogen-bond acceptors (Lipinski definition) is 10. The lowest BCUT2D eigenvalue weighted by molar-refractivity contribution is -0.148. The van der Waals surface area contributed by atoms with Crippen molar-refractivity contribution in [2.75, 3.05) is 49.0 Å². The topological polar surface area (TPSA) is 143 Å². The first-order chi connectivity index (χ1) is 27.5. The van der Waals surface area contributed by atoms with Crippen LogP contribution < -0.4 is 10.6 Å². The Kier molecular flexibility index (Phi) is 19.7. The molecule has 0 saturated carbocycles. The molecule has 13 nitrogen and oxygen atoms in total. The molecule has 1 unspecified atom stereocenters. The quantitative estimate of drug-likeness (QED) is 0.152. The third-order valence-electron chi connectivity index (χ3n) is 11.7. The lowest BCUT2D eigenvalue weighted by Crippen LogP contribution is -2.59. The van der Waals surface area contributed by atoms with Crippen LogP contribution >= 0.6 is 11.3 Å². The van der Waals surface area contributed by atoms with E-state index in [0.717, 1.165) is 28.3 Å². The molecule has 1 fully saturated rings. The van der Waals surface area contributed by atoms with Crippen LogP contribution in [0.2, 0.25) is 0 Å². The van der Waals surface area contributed by atoms with Gasteiger partial charge in [0.25, 0.3) is 0 Å². The third kappa shape index (κ3) is 12.8. The summed E-state index contributed by atoms with van der Waals surface area (Å²) in [6.45, 7) is 14.8. The van der Waals surface area contributed by atoms with E-state index in [1.54, 1.807) is 39.5 Å². The molecule has 1 saturated heterocycles. The van der Waals surface area contributed by atoms with Crippen LogP contribution in [0, 0.1) is 23.7 Å². The number of carbonyl (C=O) groups excluding carboxylic acids is 4. The van der Waals surface area contributed by atoms with E-state index >= 15 is 0 Å². The van der Waals surface area contributed by atoms with E-state index in [0.29, 0.717) is 26.0 Å². The predicted octanol–water partition coefficient (Wildman–Crippen LogP) is 5.34. The Labute approximate surface area is 351 Å². The van der Waals surface area contributed by atoms with Crippen LogP contribution in [0.15, 0.2) is 36.5 Å². The molecule has 3 rings (SSSR count). The van der Waals surface area contributed by atoms with Gasteiger partial charge in [-0.25, -0.2) is 4.98 Å². The second kappa shape index (κ2) is 23.4. The van der Waals surface area contributed by atoms with Crippen molar-refractivity contribution in [1.29, 1.82) is 0 Å². The summed E-state index contributed by atoms with van der Waals surface area (Å²) < 4.78 is 17.5. The molecule has 2 aromatic rings. The van der Waals surface area contributed by atoms with Crippen molar-refractivity contribution in [2.24, 2.45) is 23.7 Å². The van der Waals surface area contributed by atoms with Gasteiger partial charge in [0, 0.05) is 41.1 Å². The smallest absolute Gasteiger partial charge is 0.245 e. The standard InChI is InChI=1S/C44H72N6O7S/c1-14-29(6)39(49(10)44(54)37(27(2)3)47-42(53)38(28(4)5)48(8)9)35(56-12)24-36(51)50-22-18-21-34(50)40(57-13)30(7)41(52)46-33(23-31-19-16-15-17-20-31)43-45-25-32(58-43)26-55-11/h15-17,19-20,25,27-30,33-35,37-40H,14,18,21-24,26H2,1-13H3,(H,46,52)(H,47,53)/t29-,30+,33?,34-,35+,37-,38-,39-,40+/m0/s1. The molecule has 1 aliphatic heterocycles. The van der Waals surface area contributed by atoms with Crippen molar-refractivity contribution in [3.63, 3.8) is 0 Å². The summed E-state index contributed by atoms with van der Waals surface area (Å²) >= 11 is 1.52. The van der Waals surface area contributed by atoms with Crippen LogP contribution in [-0.4, -0.2) is 129 Å². The van der Waals surface area contributed by atoms with E-state index in [-0.39, 0.29) is 59.9 Å². The number of rotatable bonds is 23. The molecule has 0 radical (unpaired) electrons. The molecule has 2 N–H and O–H groups in total. The van der Waals surface area contributed by atoms with Gasteiger partial charge in [-0.1, -0.05) is 85.2 Å². The zero-order valence-electron chi connectivity index (χ0n) is 37.3. The molecule has 1 aromatic carbocycles. The fourth-order valence-corrected chi connectivity index (χ4v) is 9.40. The Balaban J connectivity index is 1.81. The van der Waals surface area contributed by atoms with Crippen LogP contribution in [-0.2, 0) is 46.4 Å². The molecule has 1 aliphatic rings. The Hall–Kier alpha value is -3.43. The first kappa shape index (κ1) is 48.9. The van der Waals surface area contributed by atoms with Gasteiger partial charge in [-0.15, -0.1) is 11.3 Å². The van der Waals surface area contributed by atoms with Gasteiger partial charge in [0.15, 0.2) is 0 Å². The highest BCUT2D eigenvalue weighted by molar-refractivity contribution is 7.11. The van der Waals surface area contributed by atoms with Gasteiger partial charge in [-0.2, -0.15) is 0 Å². The van der Waals surface area contributed by atoms with Crippen LogP contribution in [0.5, 0.6) is 0 Å². The number of methoxy groups -OCH3 is 3. The first-order valence-corrected chi connectivity index (χ1v) is 21.7. The van der Waals surface area contributed by atoms with Crippen molar-refractivity contribution >= 4 is 35.0 Å². The number of benzene rings is 1. The van der Waals surface area contributed by atoms with Crippen LogP contribution in [0.4, 0.5) is 0 Å². The molecule has 0 aliphatic carbocycles. The number of hydrogen-bond donors (Lipinski definition) is 2. The molecule has 0 bridgehead atoms. The first-order valence-electron chi connectivity index (χ1n) is 20.9. The number of likely N-dealkylation sites (tertiary alicyclic amines) is 1. The molecule has 9 atom stereocenters. The van der Waals surface area contributed by atoms with Crippen molar-refractivity contribution < 1.29 is 33.4 Å².